The minimum atomic E-state index is -0.746. The molecule has 0 aliphatic carbocycles. The van der Waals surface area contributed by atoms with Crippen molar-refractivity contribution >= 4 is 46.6 Å². The Morgan fingerprint density at radius 1 is 1.12 bits per heavy atom. The summed E-state index contributed by atoms with van der Waals surface area (Å²) in [7, 11) is 0. The maximum Gasteiger partial charge on any atom is 0.337 e. The fraction of sp³-hybridized carbons (Fsp3) is 0.167. The smallest absolute Gasteiger partial charge is 0.337 e. The van der Waals surface area contributed by atoms with Gasteiger partial charge in [-0.1, -0.05) is 65.8 Å². The lowest BCUT2D eigenvalue weighted by atomic mass is 9.82. The topological polar surface area (TPSA) is 134 Å². The van der Waals surface area contributed by atoms with Crippen molar-refractivity contribution < 1.29 is 19.2 Å². The summed E-state index contributed by atoms with van der Waals surface area (Å²) in [5, 5.41) is 28.0. The normalized spacial score (nSPS) is 14.6. The molecule has 1 aliphatic rings. The number of carbonyl (C=O) groups is 2. The molecular weight excluding hydrogens is 564 g/mol. The number of thioether (sulfide) groups is 1. The average molecular weight is 589 g/mol. The summed E-state index contributed by atoms with van der Waals surface area (Å²) >= 11 is 7.22. The number of nitro groups is 1. The highest BCUT2D eigenvalue weighted by Gasteiger charge is 2.35. The SMILES string of the molecule is CC1=C(C(=O)OCc2ccccc2)C(c2ccc(Cl)cc2)C(C#N)=C(SCC(=O)Nc2ccc([N+](=O)[O-])cc2C)N1. The number of nitrogens with zero attached hydrogens (tertiary/aromatic N) is 2. The number of nitrogens with one attached hydrogen (secondary N) is 2. The predicted molar refractivity (Wildman–Crippen MR) is 158 cm³/mol. The lowest BCUT2D eigenvalue weighted by Crippen LogP contribution is -2.29. The van der Waals surface area contributed by atoms with Gasteiger partial charge in [-0.2, -0.15) is 5.26 Å². The zero-order valence-electron chi connectivity index (χ0n) is 22.1. The first-order valence-electron chi connectivity index (χ1n) is 12.4. The van der Waals surface area contributed by atoms with Gasteiger partial charge in [-0.3, -0.25) is 14.9 Å². The third-order valence-electron chi connectivity index (χ3n) is 6.33. The van der Waals surface area contributed by atoms with Gasteiger partial charge in [-0.15, -0.1) is 0 Å². The number of nitro benzene ring substituents is 1. The minimum absolute atomic E-state index is 0.0572. The van der Waals surface area contributed by atoms with E-state index in [-0.39, 0.29) is 35.1 Å². The fourth-order valence-corrected chi connectivity index (χ4v) is 5.33. The average Bonchev–Trinajstić information content (AvgIpc) is 2.96. The van der Waals surface area contributed by atoms with Crippen LogP contribution in [0.4, 0.5) is 11.4 Å². The molecule has 0 radical (unpaired) electrons. The number of rotatable bonds is 9. The summed E-state index contributed by atoms with van der Waals surface area (Å²) in [6, 6.07) is 22.5. The molecule has 1 heterocycles. The van der Waals surface area contributed by atoms with E-state index in [1.807, 2.05) is 30.3 Å². The standard InChI is InChI=1S/C30H25ClN4O5S/c1-18-14-23(35(38)39)12-13-25(18)34-26(36)17-41-29-24(15-32)28(21-8-10-22(31)11-9-21)27(19(2)33-29)30(37)40-16-20-6-4-3-5-7-20/h3-14,28,33H,16-17H2,1-2H3,(H,34,36). The molecule has 11 heteroatoms. The Morgan fingerprint density at radius 3 is 2.46 bits per heavy atom. The van der Waals surface area contributed by atoms with E-state index in [2.05, 4.69) is 16.7 Å². The zero-order valence-corrected chi connectivity index (χ0v) is 23.7. The van der Waals surface area contributed by atoms with E-state index in [1.165, 1.54) is 18.2 Å². The van der Waals surface area contributed by atoms with Gasteiger partial charge in [0.2, 0.25) is 5.91 Å². The number of aryl methyl sites for hydroxylation is 1. The van der Waals surface area contributed by atoms with Gasteiger partial charge in [-0.05, 0) is 48.7 Å². The van der Waals surface area contributed by atoms with Gasteiger partial charge >= 0.3 is 5.97 Å². The van der Waals surface area contributed by atoms with E-state index in [0.29, 0.717) is 32.6 Å². The number of dihydropyridines is 1. The Bertz CT molecular complexity index is 1600. The molecule has 9 nitrogen and oxygen atoms in total. The molecule has 2 N–H and O–H groups in total. The number of nitriles is 1. The molecule has 1 aliphatic heterocycles. The number of esters is 1. The molecular formula is C30H25ClN4O5S. The van der Waals surface area contributed by atoms with Crippen LogP contribution in [0.2, 0.25) is 5.02 Å². The minimum Gasteiger partial charge on any atom is -0.457 e. The number of hydrogen-bond acceptors (Lipinski definition) is 8. The summed E-state index contributed by atoms with van der Waals surface area (Å²) < 4.78 is 5.63. The first kappa shape index (κ1) is 29.4. The van der Waals surface area contributed by atoms with Gasteiger partial charge in [-0.25, -0.2) is 4.79 Å². The molecule has 1 atom stereocenters. The molecule has 41 heavy (non-hydrogen) atoms. The molecule has 3 aromatic rings. The Morgan fingerprint density at radius 2 is 1.83 bits per heavy atom. The van der Waals surface area contributed by atoms with Crippen LogP contribution in [0.1, 0.15) is 29.5 Å². The highest BCUT2D eigenvalue weighted by atomic mass is 35.5. The summed E-state index contributed by atoms with van der Waals surface area (Å²) in [4.78, 5) is 36.7. The number of benzene rings is 3. The largest absolute Gasteiger partial charge is 0.457 e. The summed E-state index contributed by atoms with van der Waals surface area (Å²) in [6.45, 7) is 3.45. The number of anilines is 1. The lowest BCUT2D eigenvalue weighted by Gasteiger charge is -2.29. The van der Waals surface area contributed by atoms with Crippen molar-refractivity contribution in [2.75, 3.05) is 11.1 Å². The number of halogens is 1. The van der Waals surface area contributed by atoms with Crippen LogP contribution in [0.15, 0.2) is 94.7 Å². The van der Waals surface area contributed by atoms with Crippen molar-refractivity contribution in [1.82, 2.24) is 5.32 Å². The van der Waals surface area contributed by atoms with Crippen molar-refractivity contribution in [3.05, 3.63) is 126 Å². The number of amides is 1. The predicted octanol–water partition coefficient (Wildman–Crippen LogP) is 6.37. The number of carbonyl (C=O) groups excluding carboxylic acids is 2. The highest BCUT2D eigenvalue weighted by Crippen LogP contribution is 2.41. The molecule has 0 aromatic heterocycles. The van der Waals surface area contributed by atoms with Crippen molar-refractivity contribution in [3.63, 3.8) is 0 Å². The van der Waals surface area contributed by atoms with Crippen LogP contribution in [0.25, 0.3) is 0 Å². The first-order valence-corrected chi connectivity index (χ1v) is 13.8. The first-order chi connectivity index (χ1) is 19.7. The van der Waals surface area contributed by atoms with Crippen LogP contribution in [0.3, 0.4) is 0 Å². The number of hydrogen-bond donors (Lipinski definition) is 2. The van der Waals surface area contributed by atoms with Crippen LogP contribution in [0, 0.1) is 28.4 Å². The molecule has 1 amide bonds. The van der Waals surface area contributed by atoms with E-state index >= 15 is 0 Å². The van der Waals surface area contributed by atoms with Crippen molar-refractivity contribution in [2.24, 2.45) is 0 Å². The summed E-state index contributed by atoms with van der Waals surface area (Å²) in [6.07, 6.45) is 0. The van der Waals surface area contributed by atoms with Crippen LogP contribution in [0.5, 0.6) is 0 Å². The lowest BCUT2D eigenvalue weighted by molar-refractivity contribution is -0.384. The second kappa shape index (κ2) is 13.2. The van der Waals surface area contributed by atoms with Gasteiger partial charge < -0.3 is 15.4 Å². The molecule has 3 aromatic carbocycles. The van der Waals surface area contributed by atoms with Crippen molar-refractivity contribution in [2.45, 2.75) is 26.4 Å². The Labute approximate surface area is 246 Å². The quantitative estimate of drug-likeness (QED) is 0.167. The second-order valence-corrected chi connectivity index (χ2v) is 10.6. The van der Waals surface area contributed by atoms with E-state index in [9.17, 15) is 25.0 Å². The molecule has 0 bridgehead atoms. The summed E-state index contributed by atoms with van der Waals surface area (Å²) in [5.74, 6) is -1.74. The highest BCUT2D eigenvalue weighted by molar-refractivity contribution is 8.03. The van der Waals surface area contributed by atoms with Crippen LogP contribution in [-0.2, 0) is 20.9 Å². The Kier molecular flexibility index (Phi) is 9.45. The Balaban J connectivity index is 1.57. The number of non-ortho nitro benzene ring substituents is 1. The molecule has 0 spiro atoms. The van der Waals surface area contributed by atoms with E-state index in [1.54, 1.807) is 38.1 Å². The van der Waals surface area contributed by atoms with Crippen LogP contribution >= 0.6 is 23.4 Å². The third kappa shape index (κ3) is 7.14. The molecule has 208 valence electrons. The zero-order chi connectivity index (χ0) is 29.5. The van der Waals surface area contributed by atoms with Crippen molar-refractivity contribution in [3.8, 4) is 6.07 Å². The summed E-state index contributed by atoms with van der Waals surface area (Å²) in [5.41, 5.74) is 3.46. The van der Waals surface area contributed by atoms with E-state index in [0.717, 1.165) is 17.3 Å². The Hall–Kier alpha value is -4.59. The maximum atomic E-state index is 13.4. The van der Waals surface area contributed by atoms with Crippen LogP contribution < -0.4 is 10.6 Å². The molecule has 4 rings (SSSR count). The molecule has 1 unspecified atom stereocenters. The monoisotopic (exact) mass is 588 g/mol. The van der Waals surface area contributed by atoms with E-state index < -0.39 is 16.8 Å². The van der Waals surface area contributed by atoms with Gasteiger partial charge in [0.1, 0.15) is 6.61 Å². The molecule has 0 saturated heterocycles. The van der Waals surface area contributed by atoms with Crippen LogP contribution in [-0.4, -0.2) is 22.6 Å². The fourth-order valence-electron chi connectivity index (χ4n) is 4.31. The third-order valence-corrected chi connectivity index (χ3v) is 7.60. The van der Waals surface area contributed by atoms with Gasteiger partial charge in [0.15, 0.2) is 0 Å². The van der Waals surface area contributed by atoms with E-state index in [4.69, 9.17) is 16.3 Å². The van der Waals surface area contributed by atoms with Gasteiger partial charge in [0.25, 0.3) is 5.69 Å². The second-order valence-electron chi connectivity index (χ2n) is 9.16. The van der Waals surface area contributed by atoms with Gasteiger partial charge in [0, 0.05) is 28.5 Å². The maximum absolute atomic E-state index is 13.4. The number of allylic oxidation sites excluding steroid dienone is 2. The molecule has 0 fully saturated rings. The van der Waals surface area contributed by atoms with Gasteiger partial charge in [0.05, 0.1) is 38.8 Å². The molecule has 0 saturated carbocycles. The van der Waals surface area contributed by atoms with Crippen molar-refractivity contribution in [1.29, 1.82) is 5.26 Å². The number of ether oxygens (including phenoxy) is 1.